The minimum atomic E-state index is -0.988. The number of aromatic amines is 1. The molecule has 1 aromatic heterocycles. The fourth-order valence-electron chi connectivity index (χ4n) is 1.95. The van der Waals surface area contributed by atoms with E-state index in [1.807, 2.05) is 0 Å². The number of aromatic nitrogens is 2. The van der Waals surface area contributed by atoms with Crippen molar-refractivity contribution in [1.82, 2.24) is 15.5 Å². The summed E-state index contributed by atoms with van der Waals surface area (Å²) in [6, 6.07) is 2.16. The van der Waals surface area contributed by atoms with E-state index in [0.717, 1.165) is 5.69 Å². The number of rotatable bonds is 4. The van der Waals surface area contributed by atoms with Crippen LogP contribution in [0.4, 0.5) is 0 Å². The van der Waals surface area contributed by atoms with Gasteiger partial charge in [0.15, 0.2) is 5.69 Å². The molecule has 0 unspecified atom stereocenters. The molecule has 0 bridgehead atoms. The highest BCUT2D eigenvalue weighted by Gasteiger charge is 2.14. The Kier molecular flexibility index (Phi) is 3.01. The van der Waals surface area contributed by atoms with Crippen molar-refractivity contribution < 1.29 is 9.90 Å². The standard InChI is InChI=1S/C10H15N3O2/c14-10(15)9-5-8(12-13-9)6-11-7-3-1-2-4-7/h5,7,11H,1-4,6H2,(H,12,13)(H,14,15). The molecule has 3 N–H and O–H groups in total. The number of nitrogens with one attached hydrogen (secondary N) is 2. The molecule has 15 heavy (non-hydrogen) atoms. The van der Waals surface area contributed by atoms with E-state index in [4.69, 9.17) is 5.11 Å². The van der Waals surface area contributed by atoms with Crippen LogP contribution in [0.2, 0.25) is 0 Å². The Morgan fingerprint density at radius 2 is 2.33 bits per heavy atom. The number of nitrogens with zero attached hydrogens (tertiary/aromatic N) is 1. The van der Waals surface area contributed by atoms with Gasteiger partial charge < -0.3 is 10.4 Å². The average Bonchev–Trinajstić information content (AvgIpc) is 2.86. The molecule has 0 spiro atoms. The van der Waals surface area contributed by atoms with E-state index < -0.39 is 5.97 Å². The zero-order chi connectivity index (χ0) is 10.7. The molecule has 1 aliphatic rings. The summed E-state index contributed by atoms with van der Waals surface area (Å²) in [6.07, 6.45) is 5.03. The molecule has 1 aliphatic carbocycles. The first-order valence-corrected chi connectivity index (χ1v) is 5.26. The van der Waals surface area contributed by atoms with Crippen molar-refractivity contribution in [3.8, 4) is 0 Å². The van der Waals surface area contributed by atoms with Crippen molar-refractivity contribution in [2.45, 2.75) is 38.3 Å². The lowest BCUT2D eigenvalue weighted by Gasteiger charge is -2.09. The van der Waals surface area contributed by atoms with E-state index in [0.29, 0.717) is 12.6 Å². The van der Waals surface area contributed by atoms with Gasteiger partial charge in [0.2, 0.25) is 0 Å². The summed E-state index contributed by atoms with van der Waals surface area (Å²) in [7, 11) is 0. The van der Waals surface area contributed by atoms with Crippen LogP contribution in [-0.2, 0) is 6.54 Å². The Bertz CT molecular complexity index is 342. The molecule has 0 saturated heterocycles. The highest BCUT2D eigenvalue weighted by atomic mass is 16.4. The second kappa shape index (κ2) is 4.44. The Hall–Kier alpha value is -1.36. The van der Waals surface area contributed by atoms with Gasteiger partial charge in [-0.1, -0.05) is 12.8 Å². The molecule has 82 valence electrons. The maximum absolute atomic E-state index is 10.6. The average molecular weight is 209 g/mol. The molecule has 2 rings (SSSR count). The minimum absolute atomic E-state index is 0.0817. The first-order chi connectivity index (χ1) is 7.25. The zero-order valence-corrected chi connectivity index (χ0v) is 8.49. The third-order valence-corrected chi connectivity index (χ3v) is 2.79. The highest BCUT2D eigenvalue weighted by molar-refractivity contribution is 5.85. The van der Waals surface area contributed by atoms with Gasteiger partial charge in [0.05, 0.1) is 0 Å². The summed E-state index contributed by atoms with van der Waals surface area (Å²) in [5.41, 5.74) is 0.914. The summed E-state index contributed by atoms with van der Waals surface area (Å²) in [5.74, 6) is -0.988. The fourth-order valence-corrected chi connectivity index (χ4v) is 1.95. The summed E-state index contributed by atoms with van der Waals surface area (Å²) in [4.78, 5) is 10.6. The number of hydrogen-bond acceptors (Lipinski definition) is 3. The van der Waals surface area contributed by atoms with E-state index in [2.05, 4.69) is 15.5 Å². The van der Waals surface area contributed by atoms with Crippen molar-refractivity contribution >= 4 is 5.97 Å². The van der Waals surface area contributed by atoms with Crippen LogP contribution in [0.5, 0.6) is 0 Å². The smallest absolute Gasteiger partial charge is 0.356 e. The summed E-state index contributed by atoms with van der Waals surface area (Å²) < 4.78 is 0. The summed E-state index contributed by atoms with van der Waals surface area (Å²) >= 11 is 0. The molecule has 1 saturated carbocycles. The van der Waals surface area contributed by atoms with E-state index >= 15 is 0 Å². The van der Waals surface area contributed by atoms with Crippen LogP contribution in [0.15, 0.2) is 6.07 Å². The van der Waals surface area contributed by atoms with Crippen LogP contribution in [0.1, 0.15) is 41.9 Å². The van der Waals surface area contributed by atoms with Gasteiger partial charge >= 0.3 is 5.97 Å². The third kappa shape index (κ3) is 2.56. The highest BCUT2D eigenvalue weighted by Crippen LogP contribution is 2.17. The number of H-pyrrole nitrogens is 1. The second-order valence-electron chi connectivity index (χ2n) is 3.95. The van der Waals surface area contributed by atoms with Gasteiger partial charge in [0.1, 0.15) is 0 Å². The van der Waals surface area contributed by atoms with Crippen LogP contribution in [0.3, 0.4) is 0 Å². The molecule has 5 nitrogen and oxygen atoms in total. The van der Waals surface area contributed by atoms with Crippen LogP contribution in [-0.4, -0.2) is 27.3 Å². The number of carboxylic acids is 1. The number of carboxylic acid groups (broad SMARTS) is 1. The molecule has 0 radical (unpaired) electrons. The maximum atomic E-state index is 10.6. The largest absolute Gasteiger partial charge is 0.476 e. The first-order valence-electron chi connectivity index (χ1n) is 5.26. The molecule has 0 aromatic carbocycles. The lowest BCUT2D eigenvalue weighted by molar-refractivity contribution is 0.0690. The lowest BCUT2D eigenvalue weighted by Crippen LogP contribution is -2.25. The van der Waals surface area contributed by atoms with Gasteiger partial charge in [-0.05, 0) is 18.9 Å². The molecule has 5 heteroatoms. The van der Waals surface area contributed by atoms with Crippen LogP contribution in [0.25, 0.3) is 0 Å². The summed E-state index contributed by atoms with van der Waals surface area (Å²) in [5, 5.41) is 18.5. The SMILES string of the molecule is O=C(O)c1cc(CNC2CCCC2)[nH]n1. The maximum Gasteiger partial charge on any atom is 0.356 e. The molecule has 0 aliphatic heterocycles. The van der Waals surface area contributed by atoms with Gasteiger partial charge in [-0.25, -0.2) is 4.79 Å². The minimum Gasteiger partial charge on any atom is -0.476 e. The Morgan fingerprint density at radius 1 is 1.60 bits per heavy atom. The predicted octanol–water partition coefficient (Wildman–Crippen LogP) is 1.14. The predicted molar refractivity (Wildman–Crippen MR) is 54.6 cm³/mol. The molecule has 1 heterocycles. The van der Waals surface area contributed by atoms with Gasteiger partial charge in [0.25, 0.3) is 0 Å². The summed E-state index contributed by atoms with van der Waals surface area (Å²) in [6.45, 7) is 0.672. The first kappa shape index (κ1) is 10.2. The van der Waals surface area contributed by atoms with Crippen molar-refractivity contribution in [3.05, 3.63) is 17.5 Å². The monoisotopic (exact) mass is 209 g/mol. The molecule has 1 fully saturated rings. The van der Waals surface area contributed by atoms with Gasteiger partial charge in [-0.2, -0.15) is 5.10 Å². The van der Waals surface area contributed by atoms with E-state index in [1.54, 1.807) is 6.07 Å². The lowest BCUT2D eigenvalue weighted by atomic mass is 10.2. The molecule has 1 aromatic rings. The van der Waals surface area contributed by atoms with Crippen molar-refractivity contribution in [1.29, 1.82) is 0 Å². The Morgan fingerprint density at radius 3 is 2.93 bits per heavy atom. The van der Waals surface area contributed by atoms with Crippen molar-refractivity contribution in [2.75, 3.05) is 0 Å². The quantitative estimate of drug-likeness (QED) is 0.694. The van der Waals surface area contributed by atoms with Crippen molar-refractivity contribution in [3.63, 3.8) is 0 Å². The topological polar surface area (TPSA) is 78.0 Å². The molecule has 0 atom stereocenters. The van der Waals surface area contributed by atoms with Gasteiger partial charge in [-0.3, -0.25) is 5.10 Å². The van der Waals surface area contributed by atoms with Crippen LogP contribution in [0, 0.1) is 0 Å². The Labute approximate surface area is 87.9 Å². The number of carbonyl (C=O) groups is 1. The van der Waals surface area contributed by atoms with E-state index in [9.17, 15) is 4.79 Å². The van der Waals surface area contributed by atoms with Gasteiger partial charge in [0, 0.05) is 18.3 Å². The third-order valence-electron chi connectivity index (χ3n) is 2.79. The fraction of sp³-hybridized carbons (Fsp3) is 0.600. The van der Waals surface area contributed by atoms with Gasteiger partial charge in [-0.15, -0.1) is 0 Å². The molecular weight excluding hydrogens is 194 g/mol. The van der Waals surface area contributed by atoms with Crippen molar-refractivity contribution in [2.24, 2.45) is 0 Å². The number of hydrogen-bond donors (Lipinski definition) is 3. The second-order valence-corrected chi connectivity index (χ2v) is 3.95. The Balaban J connectivity index is 1.84. The number of aromatic carboxylic acids is 1. The molecule has 0 amide bonds. The van der Waals surface area contributed by atoms with E-state index in [-0.39, 0.29) is 5.69 Å². The molecular formula is C10H15N3O2. The normalized spacial score (nSPS) is 17.1. The van der Waals surface area contributed by atoms with Crippen LogP contribution >= 0.6 is 0 Å². The van der Waals surface area contributed by atoms with Crippen LogP contribution < -0.4 is 5.32 Å². The van der Waals surface area contributed by atoms with E-state index in [1.165, 1.54) is 25.7 Å². The zero-order valence-electron chi connectivity index (χ0n) is 8.49.